The molecule has 0 atom stereocenters. The Kier molecular flexibility index (Phi) is 9.22. The third kappa shape index (κ3) is 7.47. The van der Waals surface area contributed by atoms with Gasteiger partial charge in [0.05, 0.1) is 26.2 Å². The summed E-state index contributed by atoms with van der Waals surface area (Å²) < 4.78 is 5.00. The minimum atomic E-state index is -0.294. The molecule has 8 nitrogen and oxygen atoms in total. The van der Waals surface area contributed by atoms with E-state index < -0.39 is 0 Å². The van der Waals surface area contributed by atoms with Crippen molar-refractivity contribution in [1.29, 1.82) is 0 Å². The van der Waals surface area contributed by atoms with Crippen LogP contribution >= 0.6 is 11.3 Å². The van der Waals surface area contributed by atoms with Crippen LogP contribution in [0, 0.1) is 0 Å². The van der Waals surface area contributed by atoms with E-state index in [9.17, 15) is 14.4 Å². The molecule has 1 fully saturated rings. The number of hydrogen-bond donors (Lipinski definition) is 2. The number of amides is 3. The van der Waals surface area contributed by atoms with Crippen molar-refractivity contribution in [2.24, 2.45) is 0 Å². The summed E-state index contributed by atoms with van der Waals surface area (Å²) in [5, 5.41) is 7.87. The van der Waals surface area contributed by atoms with Gasteiger partial charge in [-0.1, -0.05) is 13.0 Å². The summed E-state index contributed by atoms with van der Waals surface area (Å²) in [4.78, 5) is 40.7. The van der Waals surface area contributed by atoms with Gasteiger partial charge in [0, 0.05) is 24.0 Å². The molecule has 156 valence electrons. The number of carbonyl (C=O) groups is 3. The van der Waals surface area contributed by atoms with Crippen molar-refractivity contribution in [2.45, 2.75) is 39.3 Å². The molecule has 0 spiro atoms. The highest BCUT2D eigenvalue weighted by Crippen LogP contribution is 2.11. The lowest BCUT2D eigenvalue weighted by Crippen LogP contribution is -2.49. The summed E-state index contributed by atoms with van der Waals surface area (Å²) in [5.74, 6) is -0.187. The van der Waals surface area contributed by atoms with E-state index in [1.54, 1.807) is 23.2 Å². The molecular weight excluding hydrogens is 380 g/mol. The lowest BCUT2D eigenvalue weighted by atomic mass is 10.1. The Morgan fingerprint density at radius 3 is 2.54 bits per heavy atom. The fourth-order valence-electron chi connectivity index (χ4n) is 3.03. The number of nitrogens with one attached hydrogen (secondary N) is 2. The second kappa shape index (κ2) is 11.7. The molecule has 0 radical (unpaired) electrons. The molecule has 28 heavy (non-hydrogen) atoms. The Morgan fingerprint density at radius 1 is 1.21 bits per heavy atom. The standard InChI is InChI=1S/C19H30N4O4S/c1-3-22(13-17(24)20-12-16-6-5-11-28-16)14-18(25)21-15-7-9-23(10-8-15)19(26)27-4-2/h5-6,11,15H,3-4,7-10,12-14H2,1-2H3,(H,20,24)(H,21,25). The van der Waals surface area contributed by atoms with Crippen molar-refractivity contribution in [3.63, 3.8) is 0 Å². The highest BCUT2D eigenvalue weighted by atomic mass is 32.1. The van der Waals surface area contributed by atoms with Gasteiger partial charge < -0.3 is 20.3 Å². The van der Waals surface area contributed by atoms with E-state index in [-0.39, 0.29) is 37.0 Å². The summed E-state index contributed by atoms with van der Waals surface area (Å²) in [6.45, 7) is 6.73. The predicted octanol–water partition coefficient (Wildman–Crippen LogP) is 1.42. The fraction of sp³-hybridized carbons (Fsp3) is 0.632. The lowest BCUT2D eigenvalue weighted by Gasteiger charge is -2.32. The Labute approximate surface area is 170 Å². The monoisotopic (exact) mass is 410 g/mol. The second-order valence-electron chi connectivity index (χ2n) is 6.69. The summed E-state index contributed by atoms with van der Waals surface area (Å²) in [6, 6.07) is 3.97. The van der Waals surface area contributed by atoms with Crippen molar-refractivity contribution in [3.05, 3.63) is 22.4 Å². The Morgan fingerprint density at radius 2 is 1.93 bits per heavy atom. The molecule has 0 bridgehead atoms. The van der Waals surface area contributed by atoms with E-state index in [0.29, 0.717) is 45.6 Å². The van der Waals surface area contributed by atoms with Gasteiger partial charge in [0.15, 0.2) is 0 Å². The van der Waals surface area contributed by atoms with Gasteiger partial charge >= 0.3 is 6.09 Å². The Hall–Kier alpha value is -2.13. The zero-order valence-corrected chi connectivity index (χ0v) is 17.4. The van der Waals surface area contributed by atoms with Crippen molar-refractivity contribution in [3.8, 4) is 0 Å². The van der Waals surface area contributed by atoms with Gasteiger partial charge in [-0.25, -0.2) is 4.79 Å². The van der Waals surface area contributed by atoms with Gasteiger partial charge in [-0.15, -0.1) is 11.3 Å². The molecule has 9 heteroatoms. The maximum atomic E-state index is 12.3. The zero-order valence-electron chi connectivity index (χ0n) is 16.6. The van der Waals surface area contributed by atoms with Crippen LogP contribution in [-0.2, 0) is 20.9 Å². The molecule has 1 aromatic rings. The van der Waals surface area contributed by atoms with E-state index in [1.165, 1.54) is 0 Å². The molecule has 0 unspecified atom stereocenters. The third-order valence-electron chi connectivity index (χ3n) is 4.61. The van der Waals surface area contributed by atoms with Crippen molar-refractivity contribution in [2.75, 3.05) is 39.3 Å². The van der Waals surface area contributed by atoms with E-state index in [4.69, 9.17) is 4.74 Å². The van der Waals surface area contributed by atoms with Gasteiger partial charge in [-0.3, -0.25) is 14.5 Å². The average Bonchev–Trinajstić information content (AvgIpc) is 3.20. The normalized spacial score (nSPS) is 14.8. The third-order valence-corrected chi connectivity index (χ3v) is 5.48. The summed E-state index contributed by atoms with van der Waals surface area (Å²) in [7, 11) is 0. The molecule has 2 N–H and O–H groups in total. The van der Waals surface area contributed by atoms with E-state index in [1.807, 2.05) is 29.3 Å². The number of nitrogens with zero attached hydrogens (tertiary/aromatic N) is 2. The van der Waals surface area contributed by atoms with Crippen LogP contribution in [0.5, 0.6) is 0 Å². The smallest absolute Gasteiger partial charge is 0.409 e. The number of hydrogen-bond acceptors (Lipinski definition) is 6. The molecular formula is C19H30N4O4S. The summed E-state index contributed by atoms with van der Waals surface area (Å²) in [5.41, 5.74) is 0. The molecule has 2 heterocycles. The number of rotatable bonds is 9. The van der Waals surface area contributed by atoms with Crippen molar-refractivity contribution < 1.29 is 19.1 Å². The second-order valence-corrected chi connectivity index (χ2v) is 7.72. The maximum absolute atomic E-state index is 12.3. The molecule has 1 aliphatic rings. The van der Waals surface area contributed by atoms with Crippen LogP contribution in [0.25, 0.3) is 0 Å². The largest absolute Gasteiger partial charge is 0.450 e. The van der Waals surface area contributed by atoms with Gasteiger partial charge in [-0.05, 0) is 37.8 Å². The molecule has 2 rings (SSSR count). The van der Waals surface area contributed by atoms with Crippen molar-refractivity contribution in [1.82, 2.24) is 20.4 Å². The summed E-state index contributed by atoms with van der Waals surface area (Å²) >= 11 is 1.60. The fourth-order valence-corrected chi connectivity index (χ4v) is 3.68. The Balaban J connectivity index is 1.67. The van der Waals surface area contributed by atoms with Crippen LogP contribution in [0.3, 0.4) is 0 Å². The van der Waals surface area contributed by atoms with E-state index in [2.05, 4.69) is 10.6 Å². The average molecular weight is 411 g/mol. The summed E-state index contributed by atoms with van der Waals surface area (Å²) in [6.07, 6.45) is 1.12. The number of thiophene rings is 1. The van der Waals surface area contributed by atoms with Gasteiger partial charge in [0.25, 0.3) is 0 Å². The van der Waals surface area contributed by atoms with Gasteiger partial charge in [0.2, 0.25) is 11.8 Å². The first-order chi connectivity index (χ1) is 13.5. The van der Waals surface area contributed by atoms with Gasteiger partial charge in [0.1, 0.15) is 0 Å². The number of carbonyl (C=O) groups excluding carboxylic acids is 3. The molecule has 1 saturated heterocycles. The number of likely N-dealkylation sites (tertiary alicyclic amines) is 1. The molecule has 0 aromatic carbocycles. The molecule has 3 amide bonds. The minimum absolute atomic E-state index is 0.0459. The molecule has 1 aliphatic heterocycles. The number of likely N-dealkylation sites (N-methyl/N-ethyl adjacent to an activating group) is 1. The van der Waals surface area contributed by atoms with Crippen LogP contribution in [0.2, 0.25) is 0 Å². The number of piperidine rings is 1. The van der Waals surface area contributed by atoms with E-state index in [0.717, 1.165) is 4.88 Å². The molecule has 0 aliphatic carbocycles. The van der Waals surface area contributed by atoms with Crippen LogP contribution in [0.4, 0.5) is 4.79 Å². The SMILES string of the molecule is CCOC(=O)N1CCC(NC(=O)CN(CC)CC(=O)NCc2cccs2)CC1. The first-order valence-corrected chi connectivity index (χ1v) is 10.6. The zero-order chi connectivity index (χ0) is 20.4. The molecule has 1 aromatic heterocycles. The van der Waals surface area contributed by atoms with Crippen LogP contribution in [0.15, 0.2) is 17.5 Å². The minimum Gasteiger partial charge on any atom is -0.450 e. The van der Waals surface area contributed by atoms with E-state index >= 15 is 0 Å². The van der Waals surface area contributed by atoms with Crippen molar-refractivity contribution >= 4 is 29.2 Å². The topological polar surface area (TPSA) is 91.0 Å². The predicted molar refractivity (Wildman–Crippen MR) is 108 cm³/mol. The van der Waals surface area contributed by atoms with Crippen LogP contribution < -0.4 is 10.6 Å². The maximum Gasteiger partial charge on any atom is 0.409 e. The quantitative estimate of drug-likeness (QED) is 0.643. The number of ether oxygens (including phenoxy) is 1. The highest BCUT2D eigenvalue weighted by Gasteiger charge is 2.25. The lowest BCUT2D eigenvalue weighted by molar-refractivity contribution is -0.125. The van der Waals surface area contributed by atoms with Crippen LogP contribution in [0.1, 0.15) is 31.6 Å². The van der Waals surface area contributed by atoms with Crippen LogP contribution in [-0.4, -0.2) is 73.1 Å². The Bertz CT molecular complexity index is 630. The first kappa shape index (κ1) is 22.2. The highest BCUT2D eigenvalue weighted by molar-refractivity contribution is 7.09. The first-order valence-electron chi connectivity index (χ1n) is 9.74. The molecule has 0 saturated carbocycles. The van der Waals surface area contributed by atoms with Gasteiger partial charge in [-0.2, -0.15) is 0 Å².